The van der Waals surface area contributed by atoms with Crippen molar-refractivity contribution in [3.63, 3.8) is 0 Å². The van der Waals surface area contributed by atoms with Gasteiger partial charge in [0.1, 0.15) is 0 Å². The summed E-state index contributed by atoms with van der Waals surface area (Å²) >= 11 is 0. The summed E-state index contributed by atoms with van der Waals surface area (Å²) in [6, 6.07) is 0. The molecule has 11 heteroatoms. The molecule has 0 saturated carbocycles. The molecule has 0 radical (unpaired) electrons. The van der Waals surface area contributed by atoms with E-state index in [2.05, 4.69) is 21.8 Å². The second-order valence-corrected chi connectivity index (χ2v) is 11.2. The first kappa shape index (κ1) is 23.0. The van der Waals surface area contributed by atoms with Crippen LogP contribution in [0.25, 0.3) is 0 Å². The lowest BCUT2D eigenvalue weighted by molar-refractivity contribution is 0.255. The maximum Gasteiger partial charge on any atom is 0.486 e. The van der Waals surface area contributed by atoms with E-state index < -0.39 is 23.0 Å². The van der Waals surface area contributed by atoms with E-state index in [4.69, 9.17) is 0 Å². The molecule has 0 aromatic carbocycles. The Kier molecular flexibility index (Phi) is 9.44. The van der Waals surface area contributed by atoms with Gasteiger partial charge in [0.2, 0.25) is 0 Å². The molecule has 0 aliphatic heterocycles. The predicted octanol–water partition coefficient (Wildman–Crippen LogP) is 4.20. The van der Waals surface area contributed by atoms with Crippen LogP contribution in [0.3, 0.4) is 0 Å². The molecule has 2 atom stereocenters. The van der Waals surface area contributed by atoms with E-state index >= 15 is 0 Å². The molecule has 0 aromatic heterocycles. The number of hydrogen-bond donors (Lipinski definition) is 3. The van der Waals surface area contributed by atoms with Crippen molar-refractivity contribution in [1.29, 1.82) is 0 Å². The monoisotopic (exact) mass is 390 g/mol. The minimum atomic E-state index is -5.13. The summed E-state index contributed by atoms with van der Waals surface area (Å²) in [6.07, 6.45) is 0.559. The van der Waals surface area contributed by atoms with Gasteiger partial charge in [-0.1, -0.05) is 11.1 Å². The van der Waals surface area contributed by atoms with E-state index in [1.807, 2.05) is 0 Å². The second-order valence-electron chi connectivity index (χ2n) is 5.48. The molecular weight excluding hydrogens is 365 g/mol. The summed E-state index contributed by atoms with van der Waals surface area (Å²) < 4.78 is 43.5. The van der Waals surface area contributed by atoms with Crippen LogP contribution in [0.15, 0.2) is 24.3 Å². The van der Waals surface area contributed by atoms with Crippen molar-refractivity contribution < 1.29 is 37.0 Å². The van der Waals surface area contributed by atoms with Crippen LogP contribution in [0.2, 0.25) is 0 Å². The fourth-order valence-electron chi connectivity index (χ4n) is 1.58. The van der Waals surface area contributed by atoms with Gasteiger partial charge in [0.05, 0.1) is 12.3 Å². The summed E-state index contributed by atoms with van der Waals surface area (Å²) in [7, 11) is -14.0. The molecule has 0 bridgehead atoms. The second kappa shape index (κ2) is 9.45. The van der Waals surface area contributed by atoms with Crippen LogP contribution < -0.4 is 0 Å². The van der Waals surface area contributed by atoms with Gasteiger partial charge < -0.3 is 14.7 Å². The Labute approximate surface area is 136 Å². The van der Waals surface area contributed by atoms with E-state index in [0.717, 1.165) is 11.1 Å². The van der Waals surface area contributed by atoms with Gasteiger partial charge in [-0.2, -0.15) is 0 Å². The van der Waals surface area contributed by atoms with Crippen molar-refractivity contribution in [3.8, 4) is 0 Å². The molecule has 0 aromatic rings. The standard InChI is InChI=1S/C12H25O8P3/c1-11(2)7-5-9-21(13,14)19-23(17,18)20-22(15,16)10-6-8-12(3)4/h1,3,5-10H2,2,4H3,(H,13,14)(H,15,16)(H,17,18). The fraction of sp³-hybridized carbons (Fsp3) is 0.667. The van der Waals surface area contributed by atoms with E-state index in [-0.39, 0.29) is 25.2 Å². The Morgan fingerprint density at radius 1 is 0.826 bits per heavy atom. The molecule has 0 aliphatic carbocycles. The van der Waals surface area contributed by atoms with Crippen LogP contribution in [0.1, 0.15) is 39.5 Å². The van der Waals surface area contributed by atoms with Crippen molar-refractivity contribution in [3.05, 3.63) is 24.3 Å². The minimum Gasteiger partial charge on any atom is -0.324 e. The van der Waals surface area contributed by atoms with Gasteiger partial charge in [-0.15, -0.1) is 13.2 Å². The zero-order valence-electron chi connectivity index (χ0n) is 13.4. The van der Waals surface area contributed by atoms with Gasteiger partial charge in [0.15, 0.2) is 0 Å². The first-order valence-corrected chi connectivity index (χ1v) is 11.9. The normalized spacial score (nSPS) is 19.3. The van der Waals surface area contributed by atoms with Crippen LogP contribution in [0.4, 0.5) is 0 Å². The lowest BCUT2D eigenvalue weighted by Gasteiger charge is -2.19. The Morgan fingerprint density at radius 3 is 1.39 bits per heavy atom. The molecule has 0 spiro atoms. The molecule has 3 N–H and O–H groups in total. The smallest absolute Gasteiger partial charge is 0.324 e. The van der Waals surface area contributed by atoms with Crippen molar-refractivity contribution in [2.45, 2.75) is 39.5 Å². The van der Waals surface area contributed by atoms with Gasteiger partial charge in [0.25, 0.3) is 0 Å². The number of hydrogen-bond acceptors (Lipinski definition) is 5. The quantitative estimate of drug-likeness (QED) is 0.334. The van der Waals surface area contributed by atoms with Gasteiger partial charge in [-0.3, -0.25) is 9.13 Å². The number of phosphoric acid groups is 1. The van der Waals surface area contributed by atoms with Crippen molar-refractivity contribution in [2.24, 2.45) is 0 Å². The fourth-order valence-corrected chi connectivity index (χ4v) is 6.32. The van der Waals surface area contributed by atoms with E-state index in [1.54, 1.807) is 13.8 Å². The molecule has 23 heavy (non-hydrogen) atoms. The first-order chi connectivity index (χ1) is 10.2. The predicted molar refractivity (Wildman–Crippen MR) is 89.5 cm³/mol. The molecule has 0 aliphatic rings. The molecule has 0 saturated heterocycles. The summed E-state index contributed by atoms with van der Waals surface area (Å²) in [5.41, 5.74) is 1.57. The summed E-state index contributed by atoms with van der Waals surface area (Å²) in [6.45, 7) is 10.7. The Morgan fingerprint density at radius 2 is 1.13 bits per heavy atom. The average Bonchev–Trinajstić information content (AvgIpc) is 2.22. The van der Waals surface area contributed by atoms with E-state index in [1.165, 1.54) is 0 Å². The van der Waals surface area contributed by atoms with Gasteiger partial charge in [-0.05, 0) is 39.5 Å². The highest BCUT2D eigenvalue weighted by Gasteiger charge is 2.39. The highest BCUT2D eigenvalue weighted by atomic mass is 31.3. The zero-order chi connectivity index (χ0) is 18.3. The molecule has 0 heterocycles. The highest BCUT2D eigenvalue weighted by molar-refractivity contribution is 7.69. The third-order valence-electron chi connectivity index (χ3n) is 2.55. The van der Waals surface area contributed by atoms with Crippen LogP contribution in [0.5, 0.6) is 0 Å². The Hall–Kier alpha value is -0.0300. The largest absolute Gasteiger partial charge is 0.486 e. The Bertz CT molecular complexity index is 525. The lowest BCUT2D eigenvalue weighted by Crippen LogP contribution is -1.99. The summed E-state index contributed by atoms with van der Waals surface area (Å²) in [4.78, 5) is 28.4. The third kappa shape index (κ3) is 13.0. The topological polar surface area (TPSA) is 130 Å². The van der Waals surface area contributed by atoms with Crippen molar-refractivity contribution in [2.75, 3.05) is 12.3 Å². The van der Waals surface area contributed by atoms with Crippen molar-refractivity contribution in [1.82, 2.24) is 0 Å². The molecular formula is C12H25O8P3. The molecule has 0 amide bonds. The molecule has 8 nitrogen and oxygen atoms in total. The van der Waals surface area contributed by atoms with Gasteiger partial charge in [0, 0.05) is 0 Å². The van der Waals surface area contributed by atoms with Crippen LogP contribution in [-0.4, -0.2) is 27.0 Å². The summed E-state index contributed by atoms with van der Waals surface area (Å²) in [5.74, 6) is 0. The molecule has 0 rings (SSSR count). The average molecular weight is 390 g/mol. The maximum absolute atomic E-state index is 11.7. The zero-order valence-corrected chi connectivity index (χ0v) is 16.1. The van der Waals surface area contributed by atoms with Crippen LogP contribution in [0, 0.1) is 0 Å². The highest BCUT2D eigenvalue weighted by Crippen LogP contribution is 2.67. The van der Waals surface area contributed by atoms with E-state index in [0.29, 0.717) is 12.8 Å². The van der Waals surface area contributed by atoms with Gasteiger partial charge in [-0.25, -0.2) is 13.2 Å². The molecule has 0 fully saturated rings. The summed E-state index contributed by atoms with van der Waals surface area (Å²) in [5, 5.41) is 0. The van der Waals surface area contributed by atoms with Crippen LogP contribution in [-0.2, 0) is 22.3 Å². The van der Waals surface area contributed by atoms with Gasteiger partial charge >= 0.3 is 23.0 Å². The van der Waals surface area contributed by atoms with Crippen LogP contribution >= 0.6 is 23.0 Å². The molecule has 136 valence electrons. The lowest BCUT2D eigenvalue weighted by atomic mass is 10.2. The maximum atomic E-state index is 11.7. The van der Waals surface area contributed by atoms with E-state index in [9.17, 15) is 28.4 Å². The number of allylic oxidation sites excluding steroid dienone is 2. The third-order valence-corrected chi connectivity index (χ3v) is 8.00. The SMILES string of the molecule is C=C(C)CCCP(=O)(O)OP(=O)(O)OP(=O)(O)CCCC(=C)C. The molecule has 2 unspecified atom stereocenters. The minimum absolute atomic E-state index is 0.221. The van der Waals surface area contributed by atoms with Crippen molar-refractivity contribution >= 4 is 23.0 Å². The first-order valence-electron chi connectivity index (χ1n) is 6.92. The Balaban J connectivity index is 4.58. The number of rotatable bonds is 12.